The van der Waals surface area contributed by atoms with E-state index >= 15 is 0 Å². The number of unbranched alkanes of at least 4 members (excludes halogenated alkanes) is 1. The van der Waals surface area contributed by atoms with Crippen molar-refractivity contribution in [2.24, 2.45) is 5.92 Å². The van der Waals surface area contributed by atoms with Crippen LogP contribution in [0.15, 0.2) is 48.5 Å². The molecule has 1 aliphatic carbocycles. The van der Waals surface area contributed by atoms with E-state index in [1.165, 1.54) is 37.7 Å². The molecular weight excluding hydrogens is 474 g/mol. The fraction of sp³-hybridized carbons (Fsp3) is 0.562. The van der Waals surface area contributed by atoms with Gasteiger partial charge in [0.15, 0.2) is 0 Å². The van der Waals surface area contributed by atoms with Crippen LogP contribution in [-0.2, 0) is 16.1 Å². The van der Waals surface area contributed by atoms with Crippen LogP contribution in [0.2, 0.25) is 0 Å². The first-order valence-corrected chi connectivity index (χ1v) is 14.7. The molecule has 0 unspecified atom stereocenters. The zero-order valence-electron chi connectivity index (χ0n) is 22.8. The standard InChI is InChI=1S/C32H43N3O3/c1-2-3-18-35-30(37)29(22-24-8-5-4-6-9-24)33-31(38)32(35)16-19-34(20-17-32)23-25-10-7-11-27(21-25)26-12-14-28(36)15-13-26/h7,10-15,21,24,29,36H,2-6,8-9,16-20,22-23H2,1H3,(H,33,38)/t29-/m0/s1. The van der Waals surface area contributed by atoms with Crippen molar-refractivity contribution in [1.82, 2.24) is 15.1 Å². The summed E-state index contributed by atoms with van der Waals surface area (Å²) in [7, 11) is 0. The van der Waals surface area contributed by atoms with Crippen LogP contribution < -0.4 is 5.32 Å². The highest BCUT2D eigenvalue weighted by Crippen LogP contribution is 2.36. The second kappa shape index (κ2) is 11.9. The molecule has 5 rings (SSSR count). The van der Waals surface area contributed by atoms with Gasteiger partial charge in [-0.25, -0.2) is 0 Å². The lowest BCUT2D eigenvalue weighted by Crippen LogP contribution is -2.73. The Morgan fingerprint density at radius 2 is 1.71 bits per heavy atom. The summed E-state index contributed by atoms with van der Waals surface area (Å²) >= 11 is 0. The number of piperidine rings is 1. The Balaban J connectivity index is 1.25. The normalized spacial score (nSPS) is 22.6. The first-order chi connectivity index (χ1) is 18.5. The molecule has 2 aromatic carbocycles. The van der Waals surface area contributed by atoms with Gasteiger partial charge in [-0.3, -0.25) is 14.5 Å². The van der Waals surface area contributed by atoms with Gasteiger partial charge in [-0.15, -0.1) is 0 Å². The minimum Gasteiger partial charge on any atom is -0.508 e. The average Bonchev–Trinajstić information content (AvgIpc) is 2.94. The van der Waals surface area contributed by atoms with Crippen molar-refractivity contribution in [1.29, 1.82) is 0 Å². The fourth-order valence-electron chi connectivity index (χ4n) is 6.77. The maximum Gasteiger partial charge on any atom is 0.246 e. The van der Waals surface area contributed by atoms with E-state index in [1.54, 1.807) is 12.1 Å². The molecule has 0 bridgehead atoms. The van der Waals surface area contributed by atoms with Gasteiger partial charge in [0.05, 0.1) is 0 Å². The SMILES string of the molecule is CCCCN1C(=O)[C@H](CC2CCCCC2)NC(=O)C12CCN(Cc1cccc(-c3ccc(O)cc3)c1)CC2. The molecule has 2 heterocycles. The zero-order chi connectivity index (χ0) is 26.5. The first kappa shape index (κ1) is 26.7. The smallest absolute Gasteiger partial charge is 0.246 e. The molecule has 6 nitrogen and oxygen atoms in total. The number of nitrogens with one attached hydrogen (secondary N) is 1. The number of piperazine rings is 1. The zero-order valence-corrected chi connectivity index (χ0v) is 22.8. The van der Waals surface area contributed by atoms with Crippen LogP contribution in [0.25, 0.3) is 11.1 Å². The molecule has 0 aromatic heterocycles. The van der Waals surface area contributed by atoms with Crippen LogP contribution in [0.5, 0.6) is 5.75 Å². The van der Waals surface area contributed by atoms with E-state index in [2.05, 4.69) is 41.4 Å². The van der Waals surface area contributed by atoms with E-state index < -0.39 is 5.54 Å². The number of carbonyl (C=O) groups excluding carboxylic acids is 2. The highest BCUT2D eigenvalue weighted by Gasteiger charge is 2.53. The van der Waals surface area contributed by atoms with E-state index in [-0.39, 0.29) is 23.6 Å². The minimum absolute atomic E-state index is 0.0722. The van der Waals surface area contributed by atoms with Gasteiger partial charge >= 0.3 is 0 Å². The lowest BCUT2D eigenvalue weighted by atomic mass is 9.79. The number of aromatic hydroxyl groups is 1. The second-order valence-electron chi connectivity index (χ2n) is 11.7. The van der Waals surface area contributed by atoms with Gasteiger partial charge in [0, 0.05) is 26.2 Å². The van der Waals surface area contributed by atoms with E-state index in [1.807, 2.05) is 17.0 Å². The third-order valence-corrected chi connectivity index (χ3v) is 9.05. The Kier molecular flexibility index (Phi) is 8.37. The summed E-state index contributed by atoms with van der Waals surface area (Å²) in [5.74, 6) is 1.05. The van der Waals surface area contributed by atoms with Gasteiger partial charge < -0.3 is 15.3 Å². The van der Waals surface area contributed by atoms with Gasteiger partial charge in [-0.2, -0.15) is 0 Å². The first-order valence-electron chi connectivity index (χ1n) is 14.7. The Bertz CT molecular complexity index is 1100. The molecule has 2 aromatic rings. The van der Waals surface area contributed by atoms with Crippen LogP contribution in [0.1, 0.15) is 76.7 Å². The molecule has 2 aliphatic heterocycles. The molecule has 1 atom stereocenters. The predicted molar refractivity (Wildman–Crippen MR) is 151 cm³/mol. The molecule has 38 heavy (non-hydrogen) atoms. The van der Waals surface area contributed by atoms with Crippen LogP contribution in [0.3, 0.4) is 0 Å². The molecule has 6 heteroatoms. The Morgan fingerprint density at radius 3 is 2.42 bits per heavy atom. The topological polar surface area (TPSA) is 72.9 Å². The van der Waals surface area contributed by atoms with Crippen LogP contribution >= 0.6 is 0 Å². The summed E-state index contributed by atoms with van der Waals surface area (Å²) in [6, 6.07) is 15.5. The summed E-state index contributed by atoms with van der Waals surface area (Å²) < 4.78 is 0. The van der Waals surface area contributed by atoms with Gasteiger partial charge in [-0.05, 0) is 66.5 Å². The average molecular weight is 518 g/mol. The van der Waals surface area contributed by atoms with Gasteiger partial charge in [0.25, 0.3) is 0 Å². The van der Waals surface area contributed by atoms with Crippen molar-refractivity contribution in [2.75, 3.05) is 19.6 Å². The third kappa shape index (κ3) is 5.75. The van der Waals surface area contributed by atoms with Crippen molar-refractivity contribution in [3.05, 3.63) is 54.1 Å². The second-order valence-corrected chi connectivity index (χ2v) is 11.7. The number of likely N-dealkylation sites (tertiary alicyclic amines) is 1. The summed E-state index contributed by atoms with van der Waals surface area (Å²) in [4.78, 5) is 31.9. The Hall–Kier alpha value is -2.86. The molecule has 0 radical (unpaired) electrons. The van der Waals surface area contributed by atoms with E-state index in [0.29, 0.717) is 25.3 Å². The number of phenolic OH excluding ortho intramolecular Hbond substituents is 1. The summed E-state index contributed by atoms with van der Waals surface area (Å²) in [5, 5.41) is 12.8. The van der Waals surface area contributed by atoms with Gasteiger partial charge in [-0.1, -0.05) is 75.8 Å². The fourth-order valence-corrected chi connectivity index (χ4v) is 6.77. The van der Waals surface area contributed by atoms with Gasteiger partial charge in [0.1, 0.15) is 17.3 Å². The number of carbonyl (C=O) groups is 2. The van der Waals surface area contributed by atoms with Crippen molar-refractivity contribution in [3.8, 4) is 16.9 Å². The molecule has 2 amide bonds. The van der Waals surface area contributed by atoms with E-state index in [9.17, 15) is 14.7 Å². The van der Waals surface area contributed by atoms with Crippen molar-refractivity contribution in [3.63, 3.8) is 0 Å². The minimum atomic E-state index is -0.709. The number of nitrogens with zero attached hydrogens (tertiary/aromatic N) is 2. The lowest BCUT2D eigenvalue weighted by molar-refractivity contribution is -0.162. The van der Waals surface area contributed by atoms with Crippen molar-refractivity contribution >= 4 is 11.8 Å². The van der Waals surface area contributed by atoms with E-state index in [4.69, 9.17) is 0 Å². The van der Waals surface area contributed by atoms with Crippen molar-refractivity contribution < 1.29 is 14.7 Å². The molecule has 3 aliphatic rings. The number of amides is 2. The van der Waals surface area contributed by atoms with Crippen molar-refractivity contribution in [2.45, 2.75) is 89.3 Å². The van der Waals surface area contributed by atoms with Crippen LogP contribution in [0, 0.1) is 5.92 Å². The number of rotatable bonds is 8. The molecule has 3 fully saturated rings. The Labute approximate surface area is 227 Å². The van der Waals surface area contributed by atoms with Crippen LogP contribution in [0.4, 0.5) is 0 Å². The number of hydrogen-bond acceptors (Lipinski definition) is 4. The number of phenols is 1. The molecule has 1 spiro atoms. The quantitative estimate of drug-likeness (QED) is 0.486. The maximum atomic E-state index is 13.8. The molecule has 2 N–H and O–H groups in total. The van der Waals surface area contributed by atoms with Crippen LogP contribution in [-0.4, -0.2) is 57.9 Å². The highest BCUT2D eigenvalue weighted by atomic mass is 16.3. The lowest BCUT2D eigenvalue weighted by Gasteiger charge is -2.52. The molecule has 2 saturated heterocycles. The number of benzene rings is 2. The monoisotopic (exact) mass is 517 g/mol. The summed E-state index contributed by atoms with van der Waals surface area (Å²) in [6.07, 6.45) is 10.3. The molecule has 204 valence electrons. The number of hydrogen-bond donors (Lipinski definition) is 2. The van der Waals surface area contributed by atoms with Gasteiger partial charge in [0.2, 0.25) is 11.8 Å². The predicted octanol–water partition coefficient (Wildman–Crippen LogP) is 5.49. The Morgan fingerprint density at radius 1 is 0.974 bits per heavy atom. The molecule has 1 saturated carbocycles. The highest BCUT2D eigenvalue weighted by molar-refractivity contribution is 6.00. The summed E-state index contributed by atoms with van der Waals surface area (Å²) in [5.41, 5.74) is 2.72. The third-order valence-electron chi connectivity index (χ3n) is 9.05. The maximum absolute atomic E-state index is 13.8. The molecular formula is C32H43N3O3. The van der Waals surface area contributed by atoms with E-state index in [0.717, 1.165) is 50.0 Å². The largest absolute Gasteiger partial charge is 0.508 e. The summed E-state index contributed by atoms with van der Waals surface area (Å²) in [6.45, 7) is 5.23.